The number of nitrogens with zero attached hydrogens (tertiary/aromatic N) is 6. The van der Waals surface area contributed by atoms with Crippen LogP contribution in [0.4, 0.5) is 5.82 Å². The van der Waals surface area contributed by atoms with Crippen molar-refractivity contribution in [3.63, 3.8) is 0 Å². The molecule has 3 atom stereocenters. The zero-order chi connectivity index (χ0) is 28.3. The molecule has 1 aromatic heterocycles. The summed E-state index contributed by atoms with van der Waals surface area (Å²) in [6, 6.07) is 17.4. The van der Waals surface area contributed by atoms with E-state index in [2.05, 4.69) is 72.0 Å². The van der Waals surface area contributed by atoms with Crippen LogP contribution in [0.1, 0.15) is 42.2 Å². The summed E-state index contributed by atoms with van der Waals surface area (Å²) < 4.78 is 12.8. The van der Waals surface area contributed by atoms with Crippen molar-refractivity contribution in [1.82, 2.24) is 19.8 Å². The average molecular weight is 553 g/mol. The highest BCUT2D eigenvalue weighted by Gasteiger charge is 2.34. The van der Waals surface area contributed by atoms with Gasteiger partial charge >= 0.3 is 6.01 Å². The Kier molecular flexibility index (Phi) is 7.86. The third-order valence-electron chi connectivity index (χ3n) is 8.67. The zero-order valence-electron chi connectivity index (χ0n) is 23.5. The van der Waals surface area contributed by atoms with E-state index < -0.39 is 0 Å². The predicted molar refractivity (Wildman–Crippen MR) is 157 cm³/mol. The summed E-state index contributed by atoms with van der Waals surface area (Å²) in [5, 5.41) is 11.9. The molecule has 0 N–H and O–H groups in total. The number of nitriles is 1. The number of likely N-dealkylation sites (tertiary alicyclic amines) is 1. The minimum atomic E-state index is -0.255. The van der Waals surface area contributed by atoms with Crippen molar-refractivity contribution in [2.45, 2.75) is 50.5 Å². The number of anilines is 1. The Balaban J connectivity index is 1.33. The number of carbonyl (C=O) groups excluding carboxylic acids is 1. The van der Waals surface area contributed by atoms with Crippen molar-refractivity contribution in [3.05, 3.63) is 71.9 Å². The molecular formula is C32H36N6O3. The quantitative estimate of drug-likeness (QED) is 0.406. The molecule has 0 bridgehead atoms. The highest BCUT2D eigenvalue weighted by molar-refractivity contribution is 5.87. The van der Waals surface area contributed by atoms with Crippen LogP contribution in [0.15, 0.2) is 55.1 Å². The van der Waals surface area contributed by atoms with E-state index in [9.17, 15) is 10.1 Å². The maximum Gasteiger partial charge on any atom is 0.318 e. The van der Waals surface area contributed by atoms with E-state index in [1.165, 1.54) is 23.3 Å². The molecule has 212 valence electrons. The van der Waals surface area contributed by atoms with Crippen LogP contribution in [0, 0.1) is 11.3 Å². The Hall–Kier alpha value is -4.00. The number of fused-ring (bicyclic) bond motifs is 2. The first-order chi connectivity index (χ1) is 20.1. The van der Waals surface area contributed by atoms with Crippen molar-refractivity contribution in [1.29, 1.82) is 5.26 Å². The topological polar surface area (TPSA) is 94.8 Å². The summed E-state index contributed by atoms with van der Waals surface area (Å²) in [5.41, 5.74) is 3.02. The van der Waals surface area contributed by atoms with Gasteiger partial charge in [0.05, 0.1) is 36.9 Å². The molecule has 0 saturated carbocycles. The highest BCUT2D eigenvalue weighted by Crippen LogP contribution is 2.38. The Morgan fingerprint density at radius 3 is 2.83 bits per heavy atom. The molecular weight excluding hydrogens is 516 g/mol. The van der Waals surface area contributed by atoms with Crippen LogP contribution in [-0.4, -0.2) is 77.6 Å². The van der Waals surface area contributed by atoms with Gasteiger partial charge < -0.3 is 24.2 Å². The lowest BCUT2D eigenvalue weighted by Gasteiger charge is -2.41. The van der Waals surface area contributed by atoms with Gasteiger partial charge in [-0.15, -0.1) is 0 Å². The summed E-state index contributed by atoms with van der Waals surface area (Å²) in [6.45, 7) is 7.19. The number of aromatic nitrogens is 2. The van der Waals surface area contributed by atoms with Gasteiger partial charge in [0, 0.05) is 37.7 Å². The Bertz CT molecular complexity index is 1480. The second-order valence-corrected chi connectivity index (χ2v) is 11.1. The van der Waals surface area contributed by atoms with E-state index in [0.717, 1.165) is 35.6 Å². The zero-order valence-corrected chi connectivity index (χ0v) is 23.5. The van der Waals surface area contributed by atoms with E-state index in [-0.39, 0.29) is 24.5 Å². The molecule has 1 unspecified atom stereocenters. The van der Waals surface area contributed by atoms with Crippen molar-refractivity contribution < 1.29 is 14.3 Å². The SMILES string of the molecule is C=CC(=O)N1CCN(c2nc(OC[C@@H]3CCCN3C)nc3c2COC(c2cccc4ccccc24)C3)C[C@@H]1CC#N. The number of ether oxygens (including phenoxy) is 2. The van der Waals surface area contributed by atoms with Crippen LogP contribution in [0.2, 0.25) is 0 Å². The van der Waals surface area contributed by atoms with Crippen LogP contribution >= 0.6 is 0 Å². The van der Waals surface area contributed by atoms with E-state index in [0.29, 0.717) is 51.3 Å². The summed E-state index contributed by atoms with van der Waals surface area (Å²) in [7, 11) is 2.13. The van der Waals surface area contributed by atoms with Crippen molar-refractivity contribution in [3.8, 4) is 12.1 Å². The first-order valence-electron chi connectivity index (χ1n) is 14.4. The fraction of sp³-hybridized carbons (Fsp3) is 0.438. The van der Waals surface area contributed by atoms with Crippen molar-refractivity contribution in [2.24, 2.45) is 0 Å². The molecule has 9 nitrogen and oxygen atoms in total. The minimum absolute atomic E-state index is 0.140. The second kappa shape index (κ2) is 11.9. The van der Waals surface area contributed by atoms with E-state index in [1.54, 1.807) is 4.90 Å². The van der Waals surface area contributed by atoms with Gasteiger partial charge in [0.2, 0.25) is 5.91 Å². The average Bonchev–Trinajstić information content (AvgIpc) is 3.43. The summed E-state index contributed by atoms with van der Waals surface area (Å²) in [4.78, 5) is 28.6. The number of hydrogen-bond donors (Lipinski definition) is 0. The number of benzene rings is 2. The molecule has 6 rings (SSSR count). The van der Waals surface area contributed by atoms with E-state index in [1.807, 2.05) is 0 Å². The fourth-order valence-corrected chi connectivity index (χ4v) is 6.38. The number of piperazine rings is 1. The van der Waals surface area contributed by atoms with Crippen LogP contribution < -0.4 is 9.64 Å². The number of rotatable bonds is 7. The molecule has 4 heterocycles. The molecule has 2 saturated heterocycles. The second-order valence-electron chi connectivity index (χ2n) is 11.1. The van der Waals surface area contributed by atoms with Gasteiger partial charge in [-0.05, 0) is 48.8 Å². The number of carbonyl (C=O) groups is 1. The molecule has 0 spiro atoms. The standard InChI is InChI=1S/C32H36N6O3/c1-3-30(39)38-17-16-37(19-23(38)13-14-33)31-27-21-40-29(26-12-6-9-22-8-4-5-11-25(22)26)18-28(27)34-32(35-31)41-20-24-10-7-15-36(24)2/h3-6,8-9,11-12,23-24,29H,1,7,10,13,15-21H2,2H3/t23-,24-,29?/m0/s1. The first-order valence-corrected chi connectivity index (χ1v) is 14.4. The molecule has 41 heavy (non-hydrogen) atoms. The van der Waals surface area contributed by atoms with Gasteiger partial charge in [-0.25, -0.2) is 0 Å². The molecule has 3 aromatic rings. The fourth-order valence-electron chi connectivity index (χ4n) is 6.38. The lowest BCUT2D eigenvalue weighted by Crippen LogP contribution is -2.55. The lowest BCUT2D eigenvalue weighted by atomic mass is 9.94. The third kappa shape index (κ3) is 5.50. The normalized spacial score (nSPS) is 22.8. The van der Waals surface area contributed by atoms with Crippen LogP contribution in [0.3, 0.4) is 0 Å². The van der Waals surface area contributed by atoms with E-state index >= 15 is 0 Å². The lowest BCUT2D eigenvalue weighted by molar-refractivity contribution is -0.128. The largest absolute Gasteiger partial charge is 0.462 e. The molecule has 3 aliphatic rings. The maximum absolute atomic E-state index is 12.5. The first kappa shape index (κ1) is 27.2. The van der Waals surface area contributed by atoms with Crippen LogP contribution in [0.25, 0.3) is 10.8 Å². The molecule has 0 aliphatic carbocycles. The number of likely N-dealkylation sites (N-methyl/N-ethyl adjacent to an activating group) is 1. The van der Waals surface area contributed by atoms with Gasteiger partial charge in [-0.2, -0.15) is 15.2 Å². The monoisotopic (exact) mass is 552 g/mol. The molecule has 1 amide bonds. The third-order valence-corrected chi connectivity index (χ3v) is 8.67. The summed E-state index contributed by atoms with van der Waals surface area (Å²) in [6.07, 6.45) is 4.28. The molecule has 9 heteroatoms. The van der Waals surface area contributed by atoms with Gasteiger partial charge in [0.15, 0.2) is 0 Å². The van der Waals surface area contributed by atoms with Crippen molar-refractivity contribution in [2.75, 3.05) is 44.7 Å². The van der Waals surface area contributed by atoms with Crippen LogP contribution in [-0.2, 0) is 22.6 Å². The summed E-state index contributed by atoms with van der Waals surface area (Å²) >= 11 is 0. The molecule has 2 fully saturated rings. The van der Waals surface area contributed by atoms with Gasteiger partial charge in [0.25, 0.3) is 0 Å². The predicted octanol–water partition coefficient (Wildman–Crippen LogP) is 4.03. The minimum Gasteiger partial charge on any atom is -0.462 e. The molecule has 2 aromatic carbocycles. The maximum atomic E-state index is 12.5. The summed E-state index contributed by atoms with van der Waals surface area (Å²) in [5.74, 6) is 0.621. The van der Waals surface area contributed by atoms with Crippen LogP contribution in [0.5, 0.6) is 6.01 Å². The Morgan fingerprint density at radius 1 is 1.17 bits per heavy atom. The van der Waals surface area contributed by atoms with E-state index in [4.69, 9.17) is 19.4 Å². The van der Waals surface area contributed by atoms with Gasteiger partial charge in [-0.3, -0.25) is 4.79 Å². The highest BCUT2D eigenvalue weighted by atomic mass is 16.5. The Morgan fingerprint density at radius 2 is 2.02 bits per heavy atom. The number of hydrogen-bond acceptors (Lipinski definition) is 8. The number of amides is 1. The molecule has 3 aliphatic heterocycles. The van der Waals surface area contributed by atoms with Gasteiger partial charge in [-0.1, -0.05) is 49.0 Å². The Labute approximate surface area is 241 Å². The van der Waals surface area contributed by atoms with Gasteiger partial charge in [0.1, 0.15) is 12.4 Å². The van der Waals surface area contributed by atoms with Crippen molar-refractivity contribution >= 4 is 22.5 Å². The molecule has 0 radical (unpaired) electrons. The smallest absolute Gasteiger partial charge is 0.318 e.